The van der Waals surface area contributed by atoms with E-state index in [9.17, 15) is 4.79 Å². The Morgan fingerprint density at radius 1 is 1.26 bits per heavy atom. The average molecular weight is 345 g/mol. The van der Waals surface area contributed by atoms with Crippen molar-refractivity contribution in [3.63, 3.8) is 0 Å². The van der Waals surface area contributed by atoms with Gasteiger partial charge < -0.3 is 15.4 Å². The van der Waals surface area contributed by atoms with Crippen molar-refractivity contribution in [3.05, 3.63) is 46.0 Å². The molecular formula is C16H15N3O2S2. The van der Waals surface area contributed by atoms with Gasteiger partial charge in [0.05, 0.1) is 23.4 Å². The summed E-state index contributed by atoms with van der Waals surface area (Å²) in [5.41, 5.74) is 2.40. The number of nitrogens with one attached hydrogen (secondary N) is 2. The van der Waals surface area contributed by atoms with Crippen molar-refractivity contribution in [2.75, 3.05) is 24.8 Å². The molecule has 0 fully saturated rings. The maximum Gasteiger partial charge on any atom is 0.265 e. The smallest absolute Gasteiger partial charge is 0.265 e. The number of carbonyl (C=O) groups excluding carboxylic acids is 1. The number of aromatic nitrogens is 1. The summed E-state index contributed by atoms with van der Waals surface area (Å²) in [6.07, 6.45) is 0. The highest BCUT2D eigenvalue weighted by atomic mass is 32.1. The quantitative estimate of drug-likeness (QED) is 0.728. The zero-order chi connectivity index (χ0) is 16.2. The zero-order valence-corrected chi connectivity index (χ0v) is 14.3. The number of amides is 1. The van der Waals surface area contributed by atoms with Crippen molar-refractivity contribution >= 4 is 39.4 Å². The summed E-state index contributed by atoms with van der Waals surface area (Å²) in [4.78, 5) is 17.4. The maximum atomic E-state index is 12.3. The van der Waals surface area contributed by atoms with Gasteiger partial charge in [0.15, 0.2) is 5.13 Å². The highest BCUT2D eigenvalue weighted by molar-refractivity contribution is 7.14. The van der Waals surface area contributed by atoms with E-state index in [2.05, 4.69) is 15.6 Å². The molecule has 0 unspecified atom stereocenters. The van der Waals surface area contributed by atoms with E-state index in [1.165, 1.54) is 22.7 Å². The number of anilines is 2. The summed E-state index contributed by atoms with van der Waals surface area (Å²) in [7, 11) is 3.42. The van der Waals surface area contributed by atoms with E-state index in [1.807, 2.05) is 42.1 Å². The molecule has 118 valence electrons. The second-order valence-corrected chi connectivity index (χ2v) is 6.44. The molecule has 1 aromatic carbocycles. The van der Waals surface area contributed by atoms with Gasteiger partial charge >= 0.3 is 0 Å². The molecule has 0 spiro atoms. The number of rotatable bonds is 5. The van der Waals surface area contributed by atoms with Crippen LogP contribution in [-0.2, 0) is 0 Å². The van der Waals surface area contributed by atoms with Gasteiger partial charge in [0.25, 0.3) is 5.91 Å². The van der Waals surface area contributed by atoms with Crippen LogP contribution in [0.15, 0.2) is 41.1 Å². The summed E-state index contributed by atoms with van der Waals surface area (Å²) in [5.74, 6) is 0.465. The molecule has 0 atom stereocenters. The van der Waals surface area contributed by atoms with Gasteiger partial charge in [0, 0.05) is 18.0 Å². The Kier molecular flexibility index (Phi) is 4.59. The Labute approximate surface area is 142 Å². The molecule has 2 aromatic heterocycles. The molecule has 0 radical (unpaired) electrons. The van der Waals surface area contributed by atoms with E-state index in [-0.39, 0.29) is 5.91 Å². The minimum Gasteiger partial charge on any atom is -0.495 e. The van der Waals surface area contributed by atoms with Gasteiger partial charge in [-0.1, -0.05) is 6.07 Å². The molecular weight excluding hydrogens is 330 g/mol. The van der Waals surface area contributed by atoms with E-state index in [0.717, 1.165) is 16.4 Å². The molecule has 2 heterocycles. The van der Waals surface area contributed by atoms with Gasteiger partial charge in [0.1, 0.15) is 5.75 Å². The van der Waals surface area contributed by atoms with Crippen LogP contribution in [-0.4, -0.2) is 25.0 Å². The first-order valence-electron chi connectivity index (χ1n) is 6.88. The van der Waals surface area contributed by atoms with Crippen LogP contribution in [0.2, 0.25) is 0 Å². The van der Waals surface area contributed by atoms with Gasteiger partial charge in [-0.3, -0.25) is 4.79 Å². The topological polar surface area (TPSA) is 63.3 Å². The Hall–Kier alpha value is -2.38. The van der Waals surface area contributed by atoms with Crippen molar-refractivity contribution in [2.24, 2.45) is 0 Å². The highest BCUT2D eigenvalue weighted by Gasteiger charge is 2.13. The van der Waals surface area contributed by atoms with Crippen LogP contribution < -0.4 is 15.4 Å². The standard InChI is InChI=1S/C16H15N3O2S2/c1-17-16-19-12(9-23-16)10-5-6-13(21-2)11(8-10)18-15(20)14-4-3-7-22-14/h3-9H,1-2H3,(H,17,19)(H,18,20). The predicted octanol–water partition coefficient (Wildman–Crippen LogP) is 4.17. The molecule has 0 saturated carbocycles. The molecule has 1 amide bonds. The molecule has 0 saturated heterocycles. The van der Waals surface area contributed by atoms with Gasteiger partial charge in [-0.2, -0.15) is 0 Å². The van der Waals surface area contributed by atoms with E-state index in [1.54, 1.807) is 13.2 Å². The molecule has 0 aliphatic heterocycles. The number of thiazole rings is 1. The minimum absolute atomic E-state index is 0.148. The average Bonchev–Trinajstić information content (AvgIpc) is 3.26. The molecule has 5 nitrogen and oxygen atoms in total. The van der Waals surface area contributed by atoms with Gasteiger partial charge in [0.2, 0.25) is 0 Å². The van der Waals surface area contributed by atoms with Gasteiger partial charge in [-0.05, 0) is 29.6 Å². The number of hydrogen-bond donors (Lipinski definition) is 2. The second kappa shape index (κ2) is 6.80. The third-order valence-corrected chi connectivity index (χ3v) is 4.93. The summed E-state index contributed by atoms with van der Waals surface area (Å²) in [6.45, 7) is 0. The number of nitrogens with zero attached hydrogens (tertiary/aromatic N) is 1. The van der Waals surface area contributed by atoms with Crippen molar-refractivity contribution in [2.45, 2.75) is 0 Å². The number of hydrogen-bond acceptors (Lipinski definition) is 6. The van der Waals surface area contributed by atoms with Crippen LogP contribution in [0.25, 0.3) is 11.3 Å². The zero-order valence-electron chi connectivity index (χ0n) is 12.6. The Balaban J connectivity index is 1.91. The van der Waals surface area contributed by atoms with Crippen molar-refractivity contribution < 1.29 is 9.53 Å². The number of benzene rings is 1. The Morgan fingerprint density at radius 2 is 2.13 bits per heavy atom. The van der Waals surface area contributed by atoms with E-state index in [4.69, 9.17) is 4.74 Å². The highest BCUT2D eigenvalue weighted by Crippen LogP contribution is 2.32. The molecule has 0 bridgehead atoms. The van der Waals surface area contributed by atoms with Crippen LogP contribution in [0.5, 0.6) is 5.75 Å². The number of thiophene rings is 1. The molecule has 23 heavy (non-hydrogen) atoms. The summed E-state index contributed by atoms with van der Waals surface area (Å²) in [6, 6.07) is 9.27. The summed E-state index contributed by atoms with van der Waals surface area (Å²) in [5, 5.41) is 10.6. The normalized spacial score (nSPS) is 10.3. The van der Waals surface area contributed by atoms with Crippen molar-refractivity contribution in [1.82, 2.24) is 4.98 Å². The first-order valence-corrected chi connectivity index (χ1v) is 8.63. The molecule has 3 rings (SSSR count). The first kappa shape index (κ1) is 15.5. The van der Waals surface area contributed by atoms with Crippen LogP contribution >= 0.6 is 22.7 Å². The van der Waals surface area contributed by atoms with Gasteiger partial charge in [-0.15, -0.1) is 22.7 Å². The fourth-order valence-corrected chi connectivity index (χ4v) is 3.38. The van der Waals surface area contributed by atoms with Crippen LogP contribution in [0.4, 0.5) is 10.8 Å². The lowest BCUT2D eigenvalue weighted by atomic mass is 10.1. The lowest BCUT2D eigenvalue weighted by molar-refractivity contribution is 0.103. The third kappa shape index (κ3) is 3.35. The Bertz CT molecular complexity index is 813. The molecule has 2 N–H and O–H groups in total. The molecule has 0 aliphatic rings. The molecule has 7 heteroatoms. The molecule has 0 aliphatic carbocycles. The largest absolute Gasteiger partial charge is 0.495 e. The number of carbonyl (C=O) groups is 1. The number of ether oxygens (including phenoxy) is 1. The molecule has 3 aromatic rings. The van der Waals surface area contributed by atoms with E-state index >= 15 is 0 Å². The first-order chi connectivity index (χ1) is 11.2. The Morgan fingerprint density at radius 3 is 2.78 bits per heavy atom. The summed E-state index contributed by atoms with van der Waals surface area (Å²) < 4.78 is 5.34. The fourth-order valence-electron chi connectivity index (χ4n) is 2.08. The summed E-state index contributed by atoms with van der Waals surface area (Å²) >= 11 is 2.93. The van der Waals surface area contributed by atoms with E-state index in [0.29, 0.717) is 16.3 Å². The predicted molar refractivity (Wildman–Crippen MR) is 95.9 cm³/mol. The second-order valence-electron chi connectivity index (χ2n) is 4.63. The van der Waals surface area contributed by atoms with Crippen LogP contribution in [0.1, 0.15) is 9.67 Å². The van der Waals surface area contributed by atoms with E-state index < -0.39 is 0 Å². The maximum absolute atomic E-state index is 12.3. The number of methoxy groups -OCH3 is 1. The van der Waals surface area contributed by atoms with Crippen molar-refractivity contribution in [3.8, 4) is 17.0 Å². The van der Waals surface area contributed by atoms with Crippen LogP contribution in [0.3, 0.4) is 0 Å². The lowest BCUT2D eigenvalue weighted by Gasteiger charge is -2.11. The van der Waals surface area contributed by atoms with Crippen LogP contribution in [0, 0.1) is 0 Å². The lowest BCUT2D eigenvalue weighted by Crippen LogP contribution is -2.11. The van der Waals surface area contributed by atoms with Crippen molar-refractivity contribution in [1.29, 1.82) is 0 Å². The minimum atomic E-state index is -0.148. The fraction of sp³-hybridized carbons (Fsp3) is 0.125. The third-order valence-electron chi connectivity index (χ3n) is 3.21. The van der Waals surface area contributed by atoms with Gasteiger partial charge in [-0.25, -0.2) is 4.98 Å². The SMILES string of the molecule is CNc1nc(-c2ccc(OC)c(NC(=O)c3cccs3)c2)cs1. The monoisotopic (exact) mass is 345 g/mol.